The van der Waals surface area contributed by atoms with Gasteiger partial charge in [-0.05, 0) is 38.0 Å². The number of nitrogens with one attached hydrogen (secondary N) is 1. The molecular formula is C14H20FNO2S. The predicted molar refractivity (Wildman–Crippen MR) is 75.4 cm³/mol. The number of rotatable bonds is 4. The van der Waals surface area contributed by atoms with Crippen molar-refractivity contribution in [3.05, 3.63) is 29.6 Å². The Morgan fingerprint density at radius 2 is 2.37 bits per heavy atom. The summed E-state index contributed by atoms with van der Waals surface area (Å²) in [6.07, 6.45) is 3.53. The van der Waals surface area contributed by atoms with Gasteiger partial charge in [-0.15, -0.1) is 0 Å². The number of hydrogen-bond acceptors (Lipinski definition) is 3. The summed E-state index contributed by atoms with van der Waals surface area (Å²) in [5, 5.41) is 3.47. The number of fused-ring (bicyclic) bond motifs is 1. The zero-order valence-corrected chi connectivity index (χ0v) is 12.1. The molecule has 0 bridgehead atoms. The van der Waals surface area contributed by atoms with Crippen molar-refractivity contribution in [2.75, 3.05) is 19.4 Å². The number of benzene rings is 1. The van der Waals surface area contributed by atoms with Crippen LogP contribution in [0, 0.1) is 5.82 Å². The van der Waals surface area contributed by atoms with E-state index in [1.54, 1.807) is 12.3 Å². The molecule has 1 heterocycles. The Morgan fingerprint density at radius 3 is 3.11 bits per heavy atom. The molecule has 0 aliphatic carbocycles. The van der Waals surface area contributed by atoms with Crippen LogP contribution in [0.1, 0.15) is 31.4 Å². The molecule has 3 atom stereocenters. The third-order valence-electron chi connectivity index (χ3n) is 3.46. The van der Waals surface area contributed by atoms with Gasteiger partial charge >= 0.3 is 0 Å². The second-order valence-electron chi connectivity index (χ2n) is 4.94. The van der Waals surface area contributed by atoms with Gasteiger partial charge in [0.15, 0.2) is 0 Å². The van der Waals surface area contributed by atoms with E-state index in [2.05, 4.69) is 5.32 Å². The first-order valence-corrected chi connectivity index (χ1v) is 8.18. The van der Waals surface area contributed by atoms with Gasteiger partial charge < -0.3 is 10.1 Å². The number of hydrogen-bond donors (Lipinski definition) is 1. The van der Waals surface area contributed by atoms with Crippen molar-refractivity contribution in [3.8, 4) is 5.75 Å². The minimum absolute atomic E-state index is 0.0687. The lowest BCUT2D eigenvalue weighted by Gasteiger charge is -2.20. The van der Waals surface area contributed by atoms with Gasteiger partial charge in [-0.3, -0.25) is 4.21 Å². The fraction of sp³-hybridized carbons (Fsp3) is 0.571. The molecular weight excluding hydrogens is 265 g/mol. The summed E-state index contributed by atoms with van der Waals surface area (Å²) in [5.74, 6) is 0.504. The Bertz CT molecular complexity index is 467. The maximum absolute atomic E-state index is 13.4. The molecule has 3 nitrogen and oxygen atoms in total. The molecule has 0 saturated heterocycles. The van der Waals surface area contributed by atoms with Crippen molar-refractivity contribution in [1.29, 1.82) is 0 Å². The Kier molecular flexibility index (Phi) is 4.93. The van der Waals surface area contributed by atoms with Gasteiger partial charge in [0.05, 0.1) is 6.61 Å². The van der Waals surface area contributed by atoms with E-state index in [0.717, 1.165) is 24.2 Å². The highest BCUT2D eigenvalue weighted by Gasteiger charge is 2.21. The fourth-order valence-corrected chi connectivity index (χ4v) is 2.52. The number of ether oxygens (including phenoxy) is 1. The number of halogens is 1. The van der Waals surface area contributed by atoms with E-state index in [-0.39, 0.29) is 17.1 Å². The van der Waals surface area contributed by atoms with Gasteiger partial charge in [0.25, 0.3) is 0 Å². The van der Waals surface area contributed by atoms with Gasteiger partial charge in [-0.1, -0.05) is 0 Å². The molecule has 19 heavy (non-hydrogen) atoms. The van der Waals surface area contributed by atoms with Crippen LogP contribution in [0.3, 0.4) is 0 Å². The molecule has 1 aromatic carbocycles. The maximum Gasteiger partial charge on any atom is 0.124 e. The maximum atomic E-state index is 13.4. The van der Waals surface area contributed by atoms with Crippen molar-refractivity contribution in [2.45, 2.75) is 31.1 Å². The molecule has 5 heteroatoms. The van der Waals surface area contributed by atoms with E-state index in [0.29, 0.717) is 13.2 Å². The van der Waals surface area contributed by atoms with E-state index in [1.165, 1.54) is 12.1 Å². The summed E-state index contributed by atoms with van der Waals surface area (Å²) in [5.41, 5.74) is 0.867. The second-order valence-corrected chi connectivity index (χ2v) is 6.74. The first-order valence-electron chi connectivity index (χ1n) is 6.56. The average molecular weight is 285 g/mol. The van der Waals surface area contributed by atoms with Crippen molar-refractivity contribution < 1.29 is 13.3 Å². The van der Waals surface area contributed by atoms with E-state index in [9.17, 15) is 8.60 Å². The van der Waals surface area contributed by atoms with Crippen LogP contribution in [0.2, 0.25) is 0 Å². The molecule has 106 valence electrons. The standard InChI is InChI=1S/C14H20FNO2S/c1-10(19(2)17)9-16-13-4-3-7-18-14-6-5-11(15)8-12(13)14/h5-6,8,10,13,16H,3-4,7,9H2,1-2H3/t10-,13+,19+/m1/s1. The minimum atomic E-state index is -0.849. The lowest BCUT2D eigenvalue weighted by molar-refractivity contribution is 0.315. The molecule has 0 unspecified atom stereocenters. The quantitative estimate of drug-likeness (QED) is 0.923. The first-order chi connectivity index (χ1) is 9.08. The highest BCUT2D eigenvalue weighted by Crippen LogP contribution is 2.31. The van der Waals surface area contributed by atoms with Crippen LogP contribution in [0.5, 0.6) is 5.75 Å². The van der Waals surface area contributed by atoms with Crippen molar-refractivity contribution in [3.63, 3.8) is 0 Å². The van der Waals surface area contributed by atoms with Gasteiger partial charge in [-0.2, -0.15) is 0 Å². The summed E-state index contributed by atoms with van der Waals surface area (Å²) in [6, 6.07) is 4.71. The molecule has 0 amide bonds. The Labute approximate surface area is 116 Å². The van der Waals surface area contributed by atoms with Crippen molar-refractivity contribution >= 4 is 10.8 Å². The van der Waals surface area contributed by atoms with Gasteiger partial charge in [-0.25, -0.2) is 4.39 Å². The van der Waals surface area contributed by atoms with Crippen LogP contribution in [-0.4, -0.2) is 28.9 Å². The van der Waals surface area contributed by atoms with Crippen LogP contribution in [-0.2, 0) is 10.8 Å². The van der Waals surface area contributed by atoms with E-state index in [4.69, 9.17) is 4.74 Å². The fourth-order valence-electron chi connectivity index (χ4n) is 2.19. The molecule has 1 aliphatic heterocycles. The van der Waals surface area contributed by atoms with Gasteiger partial charge in [0.1, 0.15) is 11.6 Å². The smallest absolute Gasteiger partial charge is 0.124 e. The highest BCUT2D eigenvalue weighted by molar-refractivity contribution is 7.84. The molecule has 0 spiro atoms. The zero-order chi connectivity index (χ0) is 13.8. The predicted octanol–water partition coefficient (Wildman–Crippen LogP) is 2.40. The Balaban J connectivity index is 2.12. The monoisotopic (exact) mass is 285 g/mol. The highest BCUT2D eigenvalue weighted by atomic mass is 32.2. The second kappa shape index (κ2) is 6.48. The molecule has 0 fully saturated rings. The van der Waals surface area contributed by atoms with Crippen LogP contribution in [0.25, 0.3) is 0 Å². The summed E-state index contributed by atoms with van der Waals surface area (Å²) >= 11 is 0. The van der Waals surface area contributed by atoms with Crippen molar-refractivity contribution in [2.24, 2.45) is 0 Å². The van der Waals surface area contributed by atoms with Crippen LogP contribution in [0.15, 0.2) is 18.2 Å². The topological polar surface area (TPSA) is 38.3 Å². The lowest BCUT2D eigenvalue weighted by atomic mass is 10.0. The largest absolute Gasteiger partial charge is 0.493 e. The Morgan fingerprint density at radius 1 is 1.58 bits per heavy atom. The van der Waals surface area contributed by atoms with Gasteiger partial charge in [0, 0.05) is 40.5 Å². The molecule has 2 rings (SSSR count). The van der Waals surface area contributed by atoms with E-state index >= 15 is 0 Å². The zero-order valence-electron chi connectivity index (χ0n) is 11.3. The van der Waals surface area contributed by atoms with Crippen LogP contribution < -0.4 is 10.1 Å². The summed E-state index contributed by atoms with van der Waals surface area (Å²) in [4.78, 5) is 0. The van der Waals surface area contributed by atoms with Crippen molar-refractivity contribution in [1.82, 2.24) is 5.32 Å². The lowest BCUT2D eigenvalue weighted by Crippen LogP contribution is -2.31. The molecule has 0 saturated carbocycles. The third kappa shape index (κ3) is 3.76. The molecule has 1 aliphatic rings. The molecule has 1 N–H and O–H groups in total. The van der Waals surface area contributed by atoms with Gasteiger partial charge in [0.2, 0.25) is 0 Å². The molecule has 0 aromatic heterocycles. The third-order valence-corrected chi connectivity index (χ3v) is 4.76. The average Bonchev–Trinajstić information content (AvgIpc) is 2.57. The molecule has 1 aromatic rings. The summed E-state index contributed by atoms with van der Waals surface area (Å²) < 4.78 is 30.4. The SMILES string of the molecule is C[C@H](CN[C@H]1CCCOc2ccc(F)cc21)[S@](C)=O. The summed E-state index contributed by atoms with van der Waals surface area (Å²) in [6.45, 7) is 3.26. The Hall–Kier alpha value is -0.940. The summed E-state index contributed by atoms with van der Waals surface area (Å²) in [7, 11) is -0.849. The van der Waals surface area contributed by atoms with Crippen LogP contribution >= 0.6 is 0 Å². The van der Waals surface area contributed by atoms with Crippen LogP contribution in [0.4, 0.5) is 4.39 Å². The normalized spacial score (nSPS) is 21.9. The van der Waals surface area contributed by atoms with E-state index in [1.807, 2.05) is 6.92 Å². The molecule has 0 radical (unpaired) electrons. The minimum Gasteiger partial charge on any atom is -0.493 e. The first kappa shape index (κ1) is 14.5. The van der Waals surface area contributed by atoms with E-state index < -0.39 is 10.8 Å².